The van der Waals surface area contributed by atoms with E-state index in [9.17, 15) is 19.5 Å². The molecule has 28 heavy (non-hydrogen) atoms. The molecule has 0 aliphatic carbocycles. The van der Waals surface area contributed by atoms with Crippen LogP contribution in [0.5, 0.6) is 0 Å². The Balaban J connectivity index is 1.94. The molecule has 2 atom stereocenters. The molecular weight excluding hydrogens is 360 g/mol. The van der Waals surface area contributed by atoms with Crippen LogP contribution in [0.25, 0.3) is 0 Å². The molecule has 1 heterocycles. The van der Waals surface area contributed by atoms with Crippen LogP contribution in [-0.4, -0.2) is 47.4 Å². The third kappa shape index (κ3) is 3.25. The summed E-state index contributed by atoms with van der Waals surface area (Å²) < 4.78 is 4.79. The van der Waals surface area contributed by atoms with Crippen molar-refractivity contribution in [2.75, 3.05) is 19.0 Å². The molecule has 2 N–H and O–H groups in total. The van der Waals surface area contributed by atoms with Crippen molar-refractivity contribution >= 4 is 23.3 Å². The molecule has 3 rings (SSSR count). The molecule has 0 spiro atoms. The highest BCUT2D eigenvalue weighted by molar-refractivity contribution is 6.11. The number of hydrogen-bond acceptors (Lipinski definition) is 6. The molecule has 0 saturated heterocycles. The van der Waals surface area contributed by atoms with Gasteiger partial charge in [0.15, 0.2) is 17.6 Å². The number of ketones is 1. The van der Waals surface area contributed by atoms with Crippen LogP contribution in [0, 0.1) is 0 Å². The molecule has 1 aliphatic heterocycles. The zero-order valence-electron chi connectivity index (χ0n) is 15.7. The van der Waals surface area contributed by atoms with E-state index in [1.54, 1.807) is 55.5 Å². The molecule has 1 aliphatic rings. The van der Waals surface area contributed by atoms with Gasteiger partial charge in [-0.2, -0.15) is 0 Å². The molecule has 146 valence electrons. The zero-order valence-corrected chi connectivity index (χ0v) is 15.7. The van der Waals surface area contributed by atoms with Gasteiger partial charge in [-0.3, -0.25) is 14.5 Å². The number of aliphatic hydroxyl groups is 1. The number of carbonyl (C=O) groups excluding carboxylic acids is 3. The summed E-state index contributed by atoms with van der Waals surface area (Å²) in [7, 11) is 1.14. The Morgan fingerprint density at radius 1 is 1.14 bits per heavy atom. The van der Waals surface area contributed by atoms with E-state index < -0.39 is 29.4 Å². The SMILES string of the molecule is CCC1(O)c2ccccc2C(=O)N1[C@@H](C(=O)CNc1ccccc1)C(=O)OC. The number of anilines is 1. The largest absolute Gasteiger partial charge is 0.467 e. The van der Waals surface area contributed by atoms with Gasteiger partial charge in [-0.05, 0) is 24.6 Å². The fourth-order valence-corrected chi connectivity index (χ4v) is 3.47. The third-order valence-corrected chi connectivity index (χ3v) is 4.93. The number of methoxy groups -OCH3 is 1. The second kappa shape index (κ2) is 7.82. The highest BCUT2D eigenvalue weighted by Gasteiger charge is 2.54. The van der Waals surface area contributed by atoms with Crippen molar-refractivity contribution in [3.8, 4) is 0 Å². The van der Waals surface area contributed by atoms with Gasteiger partial charge in [0.2, 0.25) is 0 Å². The summed E-state index contributed by atoms with van der Waals surface area (Å²) in [6.45, 7) is 1.48. The molecule has 7 heteroatoms. The molecule has 2 aromatic rings. The summed E-state index contributed by atoms with van der Waals surface area (Å²) in [6, 6.07) is 14.0. The van der Waals surface area contributed by atoms with E-state index in [1.165, 1.54) is 0 Å². The second-order valence-corrected chi connectivity index (χ2v) is 6.50. The molecule has 0 saturated carbocycles. The number of amides is 1. The van der Waals surface area contributed by atoms with Crippen LogP contribution in [0.15, 0.2) is 54.6 Å². The maximum atomic E-state index is 13.0. The highest BCUT2D eigenvalue weighted by atomic mass is 16.5. The first kappa shape index (κ1) is 19.6. The van der Waals surface area contributed by atoms with Gasteiger partial charge < -0.3 is 15.2 Å². The Kier molecular flexibility index (Phi) is 5.46. The summed E-state index contributed by atoms with van der Waals surface area (Å²) in [5, 5.41) is 14.2. The number of nitrogens with one attached hydrogen (secondary N) is 1. The van der Waals surface area contributed by atoms with E-state index in [4.69, 9.17) is 4.74 Å². The Morgan fingerprint density at radius 3 is 2.43 bits per heavy atom. The number of ether oxygens (including phenoxy) is 1. The van der Waals surface area contributed by atoms with Crippen molar-refractivity contribution in [2.45, 2.75) is 25.1 Å². The number of hydrogen-bond donors (Lipinski definition) is 2. The molecule has 0 aromatic heterocycles. The number of para-hydroxylation sites is 1. The van der Waals surface area contributed by atoms with Crippen LogP contribution in [0.3, 0.4) is 0 Å². The van der Waals surface area contributed by atoms with E-state index in [0.717, 1.165) is 12.0 Å². The Bertz CT molecular complexity index is 899. The molecule has 0 bridgehead atoms. The number of rotatable bonds is 7. The fourth-order valence-electron chi connectivity index (χ4n) is 3.47. The van der Waals surface area contributed by atoms with Gasteiger partial charge in [0.25, 0.3) is 5.91 Å². The first-order chi connectivity index (χ1) is 13.4. The number of nitrogens with zero attached hydrogens (tertiary/aromatic N) is 1. The average molecular weight is 382 g/mol. The molecular formula is C21H22N2O5. The predicted octanol–water partition coefficient (Wildman–Crippen LogP) is 1.92. The summed E-state index contributed by atoms with van der Waals surface area (Å²) >= 11 is 0. The van der Waals surface area contributed by atoms with E-state index in [-0.39, 0.29) is 18.5 Å². The maximum Gasteiger partial charge on any atom is 0.336 e. The van der Waals surface area contributed by atoms with Crippen LogP contribution < -0.4 is 5.32 Å². The van der Waals surface area contributed by atoms with Gasteiger partial charge in [0, 0.05) is 16.8 Å². The van der Waals surface area contributed by atoms with Crippen LogP contribution in [0.1, 0.15) is 29.3 Å². The Morgan fingerprint density at radius 2 is 1.79 bits per heavy atom. The number of benzene rings is 2. The molecule has 0 radical (unpaired) electrons. The van der Waals surface area contributed by atoms with Crippen LogP contribution in [0.2, 0.25) is 0 Å². The van der Waals surface area contributed by atoms with E-state index in [0.29, 0.717) is 11.3 Å². The number of fused-ring (bicyclic) bond motifs is 1. The summed E-state index contributed by atoms with van der Waals surface area (Å²) in [6.07, 6.45) is 0.114. The molecule has 7 nitrogen and oxygen atoms in total. The lowest BCUT2D eigenvalue weighted by atomic mass is 9.97. The van der Waals surface area contributed by atoms with Crippen molar-refractivity contribution < 1.29 is 24.2 Å². The second-order valence-electron chi connectivity index (χ2n) is 6.50. The number of esters is 1. The summed E-state index contributed by atoms with van der Waals surface area (Å²) in [4.78, 5) is 39.4. The molecule has 1 amide bonds. The molecule has 0 fully saturated rings. The molecule has 1 unspecified atom stereocenters. The smallest absolute Gasteiger partial charge is 0.336 e. The number of carbonyl (C=O) groups is 3. The van der Waals surface area contributed by atoms with Gasteiger partial charge in [0.05, 0.1) is 13.7 Å². The van der Waals surface area contributed by atoms with Crippen molar-refractivity contribution in [3.05, 3.63) is 65.7 Å². The van der Waals surface area contributed by atoms with E-state index >= 15 is 0 Å². The first-order valence-corrected chi connectivity index (χ1v) is 8.99. The fraction of sp³-hybridized carbons (Fsp3) is 0.286. The zero-order chi connectivity index (χ0) is 20.3. The topological polar surface area (TPSA) is 95.9 Å². The Hall–Kier alpha value is -3.19. The van der Waals surface area contributed by atoms with Crippen LogP contribution in [-0.2, 0) is 20.1 Å². The average Bonchev–Trinajstić information content (AvgIpc) is 2.96. The van der Waals surface area contributed by atoms with Crippen molar-refractivity contribution in [2.24, 2.45) is 0 Å². The minimum absolute atomic E-state index is 0.114. The number of Topliss-reactive ketones (excluding diaryl/α,β-unsaturated/α-hetero) is 1. The highest BCUT2D eigenvalue weighted by Crippen LogP contribution is 2.41. The lowest BCUT2D eigenvalue weighted by molar-refractivity contribution is -0.163. The van der Waals surface area contributed by atoms with Gasteiger partial charge in [-0.25, -0.2) is 4.79 Å². The lowest BCUT2D eigenvalue weighted by Crippen LogP contribution is -2.57. The van der Waals surface area contributed by atoms with Gasteiger partial charge >= 0.3 is 5.97 Å². The van der Waals surface area contributed by atoms with Crippen LogP contribution >= 0.6 is 0 Å². The minimum Gasteiger partial charge on any atom is -0.467 e. The third-order valence-electron chi connectivity index (χ3n) is 4.93. The minimum atomic E-state index is -1.77. The van der Waals surface area contributed by atoms with Crippen molar-refractivity contribution in [1.29, 1.82) is 0 Å². The van der Waals surface area contributed by atoms with Crippen LogP contribution in [0.4, 0.5) is 5.69 Å². The first-order valence-electron chi connectivity index (χ1n) is 8.99. The van der Waals surface area contributed by atoms with Gasteiger partial charge in [-0.15, -0.1) is 0 Å². The quantitative estimate of drug-likeness (QED) is 0.561. The maximum absolute atomic E-state index is 13.0. The van der Waals surface area contributed by atoms with Gasteiger partial charge in [0.1, 0.15) is 0 Å². The van der Waals surface area contributed by atoms with Crippen molar-refractivity contribution in [1.82, 2.24) is 4.90 Å². The van der Waals surface area contributed by atoms with E-state index in [2.05, 4.69) is 5.32 Å². The normalized spacial score (nSPS) is 19.1. The molecule has 2 aromatic carbocycles. The standard InChI is InChI=1S/C21H22N2O5/c1-3-21(27)16-12-8-7-11-15(16)19(25)23(21)18(20(26)28-2)17(24)13-22-14-9-5-4-6-10-14/h4-12,18,22,27H,3,13H2,1-2H3/t18-,21?/m0/s1. The van der Waals surface area contributed by atoms with Crippen molar-refractivity contribution in [3.63, 3.8) is 0 Å². The van der Waals surface area contributed by atoms with E-state index in [1.807, 2.05) is 6.07 Å². The monoisotopic (exact) mass is 382 g/mol. The van der Waals surface area contributed by atoms with Gasteiger partial charge in [-0.1, -0.05) is 43.3 Å². The summed E-state index contributed by atoms with van der Waals surface area (Å²) in [5.41, 5.74) is -0.430. The predicted molar refractivity (Wildman–Crippen MR) is 103 cm³/mol. The Labute approximate surface area is 162 Å². The lowest BCUT2D eigenvalue weighted by Gasteiger charge is -2.37. The summed E-state index contributed by atoms with van der Waals surface area (Å²) in [5.74, 6) is -2.06.